The van der Waals surface area contributed by atoms with Crippen molar-refractivity contribution in [2.45, 2.75) is 13.8 Å². The molecular weight excluding hydrogens is 158 g/mol. The zero-order chi connectivity index (χ0) is 9.68. The molecule has 68 valence electrons. The maximum absolute atomic E-state index is 3.96. The second kappa shape index (κ2) is 4.61. The fourth-order valence-electron chi connectivity index (χ4n) is 1.16. The molecule has 0 spiro atoms. The molecule has 1 aromatic rings. The molecule has 0 amide bonds. The maximum atomic E-state index is 3.96. The van der Waals surface area contributed by atoms with Crippen LogP contribution in [0.4, 0.5) is 0 Å². The molecule has 0 aliphatic heterocycles. The van der Waals surface area contributed by atoms with Crippen molar-refractivity contribution < 1.29 is 0 Å². The Morgan fingerprint density at radius 1 is 1.08 bits per heavy atom. The zero-order valence-electron chi connectivity index (χ0n) is 8.41. The van der Waals surface area contributed by atoms with Crippen molar-refractivity contribution in [2.24, 2.45) is 4.99 Å². The molecule has 0 aliphatic rings. The highest BCUT2D eigenvalue weighted by Gasteiger charge is 1.88. The minimum atomic E-state index is 1.15. The smallest absolute Gasteiger partial charge is 0.0281 e. The van der Waals surface area contributed by atoms with E-state index in [0.717, 1.165) is 5.56 Å². The van der Waals surface area contributed by atoms with Gasteiger partial charge in [0.1, 0.15) is 0 Å². The molecule has 1 heteroatoms. The van der Waals surface area contributed by atoms with Crippen molar-refractivity contribution in [1.29, 1.82) is 0 Å². The molecule has 0 aromatic heterocycles. The third-order valence-corrected chi connectivity index (χ3v) is 1.67. The Bertz CT molecular complexity index is 313. The van der Waals surface area contributed by atoms with Gasteiger partial charge in [-0.3, -0.25) is 4.99 Å². The first-order chi connectivity index (χ1) is 6.22. The minimum Gasteiger partial charge on any atom is -0.296 e. The van der Waals surface area contributed by atoms with Gasteiger partial charge in [-0.1, -0.05) is 35.9 Å². The number of aliphatic imine (C=N–C) groups is 1. The Morgan fingerprint density at radius 2 is 1.62 bits per heavy atom. The molecule has 0 fully saturated rings. The zero-order valence-corrected chi connectivity index (χ0v) is 8.41. The van der Waals surface area contributed by atoms with Crippen LogP contribution in [0.15, 0.2) is 34.8 Å². The number of allylic oxidation sites excluding steroid dienone is 1. The van der Waals surface area contributed by atoms with E-state index in [1.807, 2.05) is 6.21 Å². The van der Waals surface area contributed by atoms with E-state index in [1.165, 1.54) is 11.1 Å². The van der Waals surface area contributed by atoms with E-state index >= 15 is 0 Å². The lowest BCUT2D eigenvalue weighted by atomic mass is 10.1. The molecule has 0 heterocycles. The maximum Gasteiger partial charge on any atom is 0.0281 e. The molecule has 0 radical (unpaired) electrons. The van der Waals surface area contributed by atoms with Gasteiger partial charge < -0.3 is 0 Å². The van der Waals surface area contributed by atoms with Crippen molar-refractivity contribution in [3.8, 4) is 0 Å². The Balaban J connectivity index is 2.87. The van der Waals surface area contributed by atoms with E-state index in [1.54, 1.807) is 7.05 Å². The minimum absolute atomic E-state index is 1.15. The van der Waals surface area contributed by atoms with Crippen LogP contribution in [0.25, 0.3) is 6.08 Å². The van der Waals surface area contributed by atoms with Crippen molar-refractivity contribution >= 4 is 12.3 Å². The van der Waals surface area contributed by atoms with Gasteiger partial charge in [-0.25, -0.2) is 0 Å². The SMILES string of the molecule is C/N=C/c1ccc(C=C(C)C)cc1. The molecule has 1 nitrogen and oxygen atoms in total. The van der Waals surface area contributed by atoms with Gasteiger partial charge in [-0.15, -0.1) is 0 Å². The van der Waals surface area contributed by atoms with Gasteiger partial charge in [0, 0.05) is 13.3 Å². The highest BCUT2D eigenvalue weighted by Crippen LogP contribution is 2.07. The van der Waals surface area contributed by atoms with Gasteiger partial charge in [0.15, 0.2) is 0 Å². The predicted octanol–water partition coefficient (Wildman–Crippen LogP) is 3.16. The fraction of sp³-hybridized carbons (Fsp3) is 0.250. The summed E-state index contributed by atoms with van der Waals surface area (Å²) >= 11 is 0. The van der Waals surface area contributed by atoms with Gasteiger partial charge in [-0.05, 0) is 25.0 Å². The fourth-order valence-corrected chi connectivity index (χ4v) is 1.16. The van der Waals surface area contributed by atoms with E-state index in [0.29, 0.717) is 0 Å². The van der Waals surface area contributed by atoms with Crippen LogP contribution in [0, 0.1) is 0 Å². The second-order valence-electron chi connectivity index (χ2n) is 3.28. The number of nitrogens with zero attached hydrogens (tertiary/aromatic N) is 1. The number of hydrogen-bond donors (Lipinski definition) is 0. The number of rotatable bonds is 2. The Kier molecular flexibility index (Phi) is 3.44. The first-order valence-corrected chi connectivity index (χ1v) is 4.39. The number of hydrogen-bond acceptors (Lipinski definition) is 1. The highest BCUT2D eigenvalue weighted by atomic mass is 14.6. The topological polar surface area (TPSA) is 12.4 Å². The van der Waals surface area contributed by atoms with Crippen molar-refractivity contribution in [3.63, 3.8) is 0 Å². The van der Waals surface area contributed by atoms with Crippen LogP contribution in [0.3, 0.4) is 0 Å². The lowest BCUT2D eigenvalue weighted by Gasteiger charge is -1.96. The standard InChI is InChI=1S/C12H15N/c1-10(2)8-11-4-6-12(7-5-11)9-13-3/h4-9H,1-3H3/b13-9+. The van der Waals surface area contributed by atoms with Crippen molar-refractivity contribution in [1.82, 2.24) is 0 Å². The highest BCUT2D eigenvalue weighted by molar-refractivity contribution is 5.79. The van der Waals surface area contributed by atoms with Crippen LogP contribution in [0.5, 0.6) is 0 Å². The van der Waals surface area contributed by atoms with E-state index < -0.39 is 0 Å². The third kappa shape index (κ3) is 3.24. The first-order valence-electron chi connectivity index (χ1n) is 4.39. The molecule has 1 rings (SSSR count). The Hall–Kier alpha value is -1.37. The second-order valence-corrected chi connectivity index (χ2v) is 3.28. The van der Waals surface area contributed by atoms with Crippen LogP contribution in [-0.2, 0) is 0 Å². The van der Waals surface area contributed by atoms with Gasteiger partial charge in [0.05, 0.1) is 0 Å². The lowest BCUT2D eigenvalue weighted by Crippen LogP contribution is -1.80. The summed E-state index contributed by atoms with van der Waals surface area (Å²) in [5.74, 6) is 0. The van der Waals surface area contributed by atoms with Gasteiger partial charge in [0.2, 0.25) is 0 Å². The Morgan fingerprint density at radius 3 is 2.08 bits per heavy atom. The average molecular weight is 173 g/mol. The quantitative estimate of drug-likeness (QED) is 0.609. The first kappa shape index (κ1) is 9.72. The molecular formula is C12H15N. The van der Waals surface area contributed by atoms with E-state index in [2.05, 4.69) is 49.2 Å². The molecule has 1 aromatic carbocycles. The summed E-state index contributed by atoms with van der Waals surface area (Å²) in [6, 6.07) is 8.34. The molecule has 0 saturated carbocycles. The molecule has 0 atom stereocenters. The van der Waals surface area contributed by atoms with Gasteiger partial charge in [0.25, 0.3) is 0 Å². The molecule has 0 saturated heterocycles. The van der Waals surface area contributed by atoms with Gasteiger partial charge >= 0.3 is 0 Å². The summed E-state index contributed by atoms with van der Waals surface area (Å²) in [5, 5.41) is 0. The van der Waals surface area contributed by atoms with Gasteiger partial charge in [-0.2, -0.15) is 0 Å². The third-order valence-electron chi connectivity index (χ3n) is 1.67. The van der Waals surface area contributed by atoms with Crippen LogP contribution in [0.1, 0.15) is 25.0 Å². The van der Waals surface area contributed by atoms with Crippen LogP contribution in [0.2, 0.25) is 0 Å². The predicted molar refractivity (Wildman–Crippen MR) is 59.3 cm³/mol. The van der Waals surface area contributed by atoms with Crippen LogP contribution >= 0.6 is 0 Å². The average Bonchev–Trinajstić information content (AvgIpc) is 2.08. The summed E-state index contributed by atoms with van der Waals surface area (Å²) in [5.41, 5.74) is 3.71. The lowest BCUT2D eigenvalue weighted by molar-refractivity contribution is 1.42. The van der Waals surface area contributed by atoms with Crippen molar-refractivity contribution in [3.05, 3.63) is 41.0 Å². The Labute approximate surface area is 79.8 Å². The molecule has 0 unspecified atom stereocenters. The molecule has 0 bridgehead atoms. The summed E-state index contributed by atoms with van der Waals surface area (Å²) < 4.78 is 0. The van der Waals surface area contributed by atoms with Crippen LogP contribution in [-0.4, -0.2) is 13.3 Å². The van der Waals surface area contributed by atoms with E-state index in [4.69, 9.17) is 0 Å². The van der Waals surface area contributed by atoms with Crippen LogP contribution < -0.4 is 0 Å². The summed E-state index contributed by atoms with van der Waals surface area (Å²) in [7, 11) is 1.78. The molecule has 0 aliphatic carbocycles. The van der Waals surface area contributed by atoms with E-state index in [9.17, 15) is 0 Å². The summed E-state index contributed by atoms with van der Waals surface area (Å²) in [4.78, 5) is 3.96. The normalized spacial score (nSPS) is 10.4. The largest absolute Gasteiger partial charge is 0.296 e. The van der Waals surface area contributed by atoms with Crippen molar-refractivity contribution in [2.75, 3.05) is 7.05 Å². The monoisotopic (exact) mass is 173 g/mol. The molecule has 13 heavy (non-hydrogen) atoms. The summed E-state index contributed by atoms with van der Waals surface area (Å²) in [6.07, 6.45) is 4.01. The molecule has 0 N–H and O–H groups in total. The number of benzene rings is 1. The van der Waals surface area contributed by atoms with E-state index in [-0.39, 0.29) is 0 Å². The summed E-state index contributed by atoms with van der Waals surface area (Å²) in [6.45, 7) is 4.20.